The largest absolute Gasteiger partial charge is 0.494 e. The molecule has 0 spiro atoms. The quantitative estimate of drug-likeness (QED) is 0.764. The van der Waals surface area contributed by atoms with Gasteiger partial charge in [0.2, 0.25) is 5.91 Å². The molecule has 0 saturated carbocycles. The Hall–Kier alpha value is -2.89. The van der Waals surface area contributed by atoms with Gasteiger partial charge in [0, 0.05) is 37.4 Å². The van der Waals surface area contributed by atoms with Crippen LogP contribution in [0.3, 0.4) is 0 Å². The second-order valence-electron chi connectivity index (χ2n) is 6.76. The van der Waals surface area contributed by atoms with E-state index in [2.05, 4.69) is 10.3 Å². The minimum Gasteiger partial charge on any atom is -0.494 e. The van der Waals surface area contributed by atoms with Crippen LogP contribution in [0.5, 0.6) is 5.75 Å². The molecule has 3 rings (SSSR count). The van der Waals surface area contributed by atoms with Crippen molar-refractivity contribution in [1.29, 1.82) is 0 Å². The predicted molar refractivity (Wildman–Crippen MR) is 103 cm³/mol. The standard InChI is InChI=1S/C21H25N3O3/c1-16-9-10-17(14-22-16)21(26)24-12-11-18(15-24)23-20(25)8-5-13-27-19-6-3-2-4-7-19/h2-4,6-7,9-10,14,18H,5,8,11-13,15H2,1H3,(H,23,25)/t18-/m1/s1. The van der Waals surface area contributed by atoms with Gasteiger partial charge in [-0.25, -0.2) is 0 Å². The normalized spacial score (nSPS) is 16.2. The van der Waals surface area contributed by atoms with E-state index in [1.165, 1.54) is 0 Å². The summed E-state index contributed by atoms with van der Waals surface area (Å²) in [6, 6.07) is 13.2. The summed E-state index contributed by atoms with van der Waals surface area (Å²) in [5.41, 5.74) is 1.47. The molecule has 2 aromatic rings. The molecule has 1 saturated heterocycles. The van der Waals surface area contributed by atoms with Crippen LogP contribution in [0.2, 0.25) is 0 Å². The number of pyridine rings is 1. The van der Waals surface area contributed by atoms with Crippen LogP contribution in [0.15, 0.2) is 48.7 Å². The lowest BCUT2D eigenvalue weighted by Crippen LogP contribution is -2.38. The minimum atomic E-state index is -0.0319. The summed E-state index contributed by atoms with van der Waals surface area (Å²) in [5, 5.41) is 3.02. The summed E-state index contributed by atoms with van der Waals surface area (Å²) in [6.45, 7) is 3.58. The summed E-state index contributed by atoms with van der Waals surface area (Å²) in [5.74, 6) is 0.784. The van der Waals surface area contributed by atoms with Crippen molar-refractivity contribution in [3.8, 4) is 5.75 Å². The zero-order valence-corrected chi connectivity index (χ0v) is 15.6. The monoisotopic (exact) mass is 367 g/mol. The number of rotatable bonds is 7. The predicted octanol–water partition coefficient (Wildman–Crippen LogP) is 2.58. The summed E-state index contributed by atoms with van der Waals surface area (Å²) < 4.78 is 5.59. The third-order valence-corrected chi connectivity index (χ3v) is 4.56. The highest BCUT2D eigenvalue weighted by Gasteiger charge is 2.27. The number of likely N-dealkylation sites (tertiary alicyclic amines) is 1. The van der Waals surface area contributed by atoms with Gasteiger partial charge in [-0.3, -0.25) is 14.6 Å². The smallest absolute Gasteiger partial charge is 0.255 e. The number of amides is 2. The fourth-order valence-electron chi connectivity index (χ4n) is 3.08. The van der Waals surface area contributed by atoms with Gasteiger partial charge in [-0.1, -0.05) is 18.2 Å². The highest BCUT2D eigenvalue weighted by molar-refractivity contribution is 5.94. The molecule has 6 heteroatoms. The first-order chi connectivity index (χ1) is 13.1. The Morgan fingerprint density at radius 3 is 2.78 bits per heavy atom. The molecule has 142 valence electrons. The highest BCUT2D eigenvalue weighted by Crippen LogP contribution is 2.14. The lowest BCUT2D eigenvalue weighted by Gasteiger charge is -2.17. The molecule has 27 heavy (non-hydrogen) atoms. The molecule has 0 aliphatic carbocycles. The molecule has 2 heterocycles. The maximum absolute atomic E-state index is 12.5. The van der Waals surface area contributed by atoms with Gasteiger partial charge in [0.05, 0.1) is 12.2 Å². The van der Waals surface area contributed by atoms with Crippen LogP contribution >= 0.6 is 0 Å². The third-order valence-electron chi connectivity index (χ3n) is 4.56. The van der Waals surface area contributed by atoms with Crippen molar-refractivity contribution in [1.82, 2.24) is 15.2 Å². The molecular formula is C21H25N3O3. The Morgan fingerprint density at radius 2 is 2.04 bits per heavy atom. The van der Waals surface area contributed by atoms with Crippen molar-refractivity contribution < 1.29 is 14.3 Å². The molecule has 1 N–H and O–H groups in total. The van der Waals surface area contributed by atoms with Gasteiger partial charge in [0.25, 0.3) is 5.91 Å². The van der Waals surface area contributed by atoms with E-state index in [4.69, 9.17) is 4.74 Å². The number of hydrogen-bond acceptors (Lipinski definition) is 4. The fourth-order valence-corrected chi connectivity index (χ4v) is 3.08. The van der Waals surface area contributed by atoms with Crippen LogP contribution in [-0.2, 0) is 4.79 Å². The number of benzene rings is 1. The average molecular weight is 367 g/mol. The lowest BCUT2D eigenvalue weighted by atomic mass is 10.2. The number of aromatic nitrogens is 1. The number of hydrogen-bond donors (Lipinski definition) is 1. The van der Waals surface area contributed by atoms with Crippen LogP contribution in [0, 0.1) is 6.92 Å². The Morgan fingerprint density at radius 1 is 1.22 bits per heavy atom. The first-order valence-electron chi connectivity index (χ1n) is 9.31. The van der Waals surface area contributed by atoms with E-state index in [0.717, 1.165) is 17.9 Å². The van der Waals surface area contributed by atoms with Gasteiger partial charge in [0.15, 0.2) is 0 Å². The molecule has 0 bridgehead atoms. The highest BCUT2D eigenvalue weighted by atomic mass is 16.5. The van der Waals surface area contributed by atoms with Crippen LogP contribution in [0.1, 0.15) is 35.3 Å². The number of para-hydroxylation sites is 1. The van der Waals surface area contributed by atoms with Crippen molar-refractivity contribution in [2.24, 2.45) is 0 Å². The maximum Gasteiger partial charge on any atom is 0.255 e. The molecule has 6 nitrogen and oxygen atoms in total. The zero-order valence-electron chi connectivity index (χ0n) is 15.6. The number of carbonyl (C=O) groups is 2. The molecule has 1 aromatic heterocycles. The second kappa shape index (κ2) is 9.16. The first kappa shape index (κ1) is 18.9. The van der Waals surface area contributed by atoms with Gasteiger partial charge >= 0.3 is 0 Å². The molecule has 0 radical (unpaired) electrons. The zero-order chi connectivity index (χ0) is 19.1. The van der Waals surface area contributed by atoms with Crippen LogP contribution < -0.4 is 10.1 Å². The molecule has 1 atom stereocenters. The lowest BCUT2D eigenvalue weighted by molar-refractivity contribution is -0.121. The molecule has 1 fully saturated rings. The summed E-state index contributed by atoms with van der Waals surface area (Å²) in [4.78, 5) is 30.6. The van der Waals surface area contributed by atoms with Crippen LogP contribution in [-0.4, -0.2) is 47.4 Å². The van der Waals surface area contributed by atoms with E-state index in [-0.39, 0.29) is 17.9 Å². The third kappa shape index (κ3) is 5.54. The molecule has 1 aliphatic rings. The number of nitrogens with one attached hydrogen (secondary N) is 1. The first-order valence-corrected chi connectivity index (χ1v) is 9.31. The van der Waals surface area contributed by atoms with Crippen molar-refractivity contribution in [2.45, 2.75) is 32.2 Å². The molecule has 0 unspecified atom stereocenters. The number of aryl methyl sites for hydroxylation is 1. The topological polar surface area (TPSA) is 71.5 Å². The SMILES string of the molecule is Cc1ccc(C(=O)N2CC[C@@H](NC(=O)CCCOc3ccccc3)C2)cn1. The number of carbonyl (C=O) groups excluding carboxylic acids is 2. The summed E-state index contributed by atoms with van der Waals surface area (Å²) >= 11 is 0. The van der Waals surface area contributed by atoms with Crippen molar-refractivity contribution in [2.75, 3.05) is 19.7 Å². The Bertz CT molecular complexity index is 762. The summed E-state index contributed by atoms with van der Waals surface area (Å²) in [7, 11) is 0. The molecule has 2 amide bonds. The van der Waals surface area contributed by atoms with Gasteiger partial charge in [0.1, 0.15) is 5.75 Å². The van der Waals surface area contributed by atoms with E-state index >= 15 is 0 Å². The van der Waals surface area contributed by atoms with E-state index < -0.39 is 0 Å². The van der Waals surface area contributed by atoms with Crippen molar-refractivity contribution in [3.63, 3.8) is 0 Å². The van der Waals surface area contributed by atoms with Gasteiger partial charge in [-0.2, -0.15) is 0 Å². The van der Waals surface area contributed by atoms with E-state index in [0.29, 0.717) is 38.1 Å². The Kier molecular flexibility index (Phi) is 6.41. The minimum absolute atomic E-state index is 0.00274. The molecular weight excluding hydrogens is 342 g/mol. The Labute approximate surface area is 159 Å². The number of nitrogens with zero attached hydrogens (tertiary/aromatic N) is 2. The van der Waals surface area contributed by atoms with Crippen molar-refractivity contribution in [3.05, 3.63) is 59.9 Å². The van der Waals surface area contributed by atoms with Crippen LogP contribution in [0.4, 0.5) is 0 Å². The molecule has 1 aromatic carbocycles. The fraction of sp³-hybridized carbons (Fsp3) is 0.381. The summed E-state index contributed by atoms with van der Waals surface area (Å²) in [6.07, 6.45) is 3.46. The van der Waals surface area contributed by atoms with Gasteiger partial charge in [-0.05, 0) is 44.0 Å². The number of ether oxygens (including phenoxy) is 1. The van der Waals surface area contributed by atoms with E-state index in [1.807, 2.05) is 43.3 Å². The van der Waals surface area contributed by atoms with Gasteiger partial charge < -0.3 is 15.0 Å². The van der Waals surface area contributed by atoms with Gasteiger partial charge in [-0.15, -0.1) is 0 Å². The van der Waals surface area contributed by atoms with E-state index in [1.54, 1.807) is 17.2 Å². The second-order valence-corrected chi connectivity index (χ2v) is 6.76. The van der Waals surface area contributed by atoms with Crippen molar-refractivity contribution >= 4 is 11.8 Å². The Balaban J connectivity index is 1.37. The van der Waals surface area contributed by atoms with E-state index in [9.17, 15) is 9.59 Å². The average Bonchev–Trinajstić information content (AvgIpc) is 3.14. The van der Waals surface area contributed by atoms with Crippen LogP contribution in [0.25, 0.3) is 0 Å². The molecule has 1 aliphatic heterocycles. The maximum atomic E-state index is 12.5.